The van der Waals surface area contributed by atoms with Gasteiger partial charge in [-0.3, -0.25) is 4.79 Å². The quantitative estimate of drug-likeness (QED) is 0.555. The van der Waals surface area contributed by atoms with Gasteiger partial charge in [-0.25, -0.2) is 9.78 Å². The van der Waals surface area contributed by atoms with Crippen LogP contribution in [0.25, 0.3) is 16.7 Å². The van der Waals surface area contributed by atoms with E-state index in [2.05, 4.69) is 10.3 Å². The summed E-state index contributed by atoms with van der Waals surface area (Å²) in [5, 5.41) is 12.0. The highest BCUT2D eigenvalue weighted by atomic mass is 16.4. The standard InChI is InChI=1S/C17H12N2O4/c20-10-11(16-19-14-7-3-4-8-15(14)23-16)9-18-13-6-2-1-5-12(13)17(21)22/h1-10,18H,(H,21,22). The molecule has 0 radical (unpaired) electrons. The minimum atomic E-state index is -1.06. The first kappa shape index (κ1) is 14.5. The summed E-state index contributed by atoms with van der Waals surface area (Å²) < 4.78 is 5.52. The number of hydrogen-bond acceptors (Lipinski definition) is 5. The Labute approximate surface area is 131 Å². The SMILES string of the molecule is O=CC(=CNc1ccccc1C(=O)O)c1nc2ccccc2o1. The molecule has 3 aromatic rings. The van der Waals surface area contributed by atoms with E-state index >= 15 is 0 Å². The smallest absolute Gasteiger partial charge is 0.337 e. The summed E-state index contributed by atoms with van der Waals surface area (Å²) in [6.07, 6.45) is 1.97. The van der Waals surface area contributed by atoms with E-state index in [1.165, 1.54) is 12.3 Å². The summed E-state index contributed by atoms with van der Waals surface area (Å²) in [4.78, 5) is 26.7. The number of anilines is 1. The molecule has 114 valence electrons. The number of nitrogens with one attached hydrogen (secondary N) is 1. The van der Waals surface area contributed by atoms with Gasteiger partial charge in [-0.05, 0) is 24.3 Å². The van der Waals surface area contributed by atoms with Gasteiger partial charge in [0.1, 0.15) is 5.52 Å². The second-order valence-corrected chi connectivity index (χ2v) is 4.70. The first-order valence-corrected chi connectivity index (χ1v) is 6.79. The van der Waals surface area contributed by atoms with Crippen molar-refractivity contribution in [2.45, 2.75) is 0 Å². The molecule has 0 aliphatic rings. The fourth-order valence-corrected chi connectivity index (χ4v) is 2.09. The number of nitrogens with zero attached hydrogens (tertiary/aromatic N) is 1. The van der Waals surface area contributed by atoms with Crippen molar-refractivity contribution >= 4 is 34.6 Å². The third-order valence-corrected chi connectivity index (χ3v) is 3.21. The molecule has 1 heterocycles. The number of allylic oxidation sites excluding steroid dienone is 1. The van der Waals surface area contributed by atoms with E-state index in [-0.39, 0.29) is 17.0 Å². The molecule has 0 bridgehead atoms. The van der Waals surface area contributed by atoms with E-state index < -0.39 is 5.97 Å². The zero-order chi connectivity index (χ0) is 16.2. The highest BCUT2D eigenvalue weighted by Gasteiger charge is 2.11. The second-order valence-electron chi connectivity index (χ2n) is 4.70. The van der Waals surface area contributed by atoms with Gasteiger partial charge in [0.15, 0.2) is 11.9 Å². The van der Waals surface area contributed by atoms with Crippen LogP contribution in [0.2, 0.25) is 0 Å². The fraction of sp³-hybridized carbons (Fsp3) is 0. The summed E-state index contributed by atoms with van der Waals surface area (Å²) in [5.74, 6) is -0.891. The number of carboxylic acids is 1. The topological polar surface area (TPSA) is 92.4 Å². The number of fused-ring (bicyclic) bond motifs is 1. The minimum Gasteiger partial charge on any atom is -0.478 e. The van der Waals surface area contributed by atoms with Gasteiger partial charge in [-0.15, -0.1) is 0 Å². The predicted molar refractivity (Wildman–Crippen MR) is 85.1 cm³/mol. The molecule has 0 saturated carbocycles. The monoisotopic (exact) mass is 308 g/mol. The lowest BCUT2D eigenvalue weighted by Gasteiger charge is -2.05. The maximum absolute atomic E-state index is 11.3. The first-order chi connectivity index (χ1) is 11.2. The fourth-order valence-electron chi connectivity index (χ4n) is 2.09. The van der Waals surface area contributed by atoms with Crippen molar-refractivity contribution in [3.8, 4) is 0 Å². The largest absolute Gasteiger partial charge is 0.478 e. The minimum absolute atomic E-state index is 0.103. The number of carboxylic acid groups (broad SMARTS) is 1. The van der Waals surface area contributed by atoms with Crippen LogP contribution in [0.4, 0.5) is 5.69 Å². The molecule has 0 spiro atoms. The predicted octanol–water partition coefficient (Wildman–Crippen LogP) is 3.18. The maximum Gasteiger partial charge on any atom is 0.337 e. The van der Waals surface area contributed by atoms with Crippen molar-refractivity contribution in [1.29, 1.82) is 0 Å². The highest BCUT2D eigenvalue weighted by molar-refractivity contribution is 6.06. The summed E-state index contributed by atoms with van der Waals surface area (Å²) in [6.45, 7) is 0. The van der Waals surface area contributed by atoms with Gasteiger partial charge >= 0.3 is 5.97 Å². The van der Waals surface area contributed by atoms with E-state index in [9.17, 15) is 9.59 Å². The van der Waals surface area contributed by atoms with Gasteiger partial charge in [0.2, 0.25) is 5.89 Å². The third kappa shape index (κ3) is 2.96. The number of aldehydes is 1. The third-order valence-electron chi connectivity index (χ3n) is 3.21. The lowest BCUT2D eigenvalue weighted by atomic mass is 10.2. The molecule has 0 unspecified atom stereocenters. The molecule has 1 aromatic heterocycles. The number of rotatable bonds is 5. The van der Waals surface area contributed by atoms with Crippen molar-refractivity contribution in [1.82, 2.24) is 4.98 Å². The number of hydrogen-bond donors (Lipinski definition) is 2. The Morgan fingerprint density at radius 3 is 2.61 bits per heavy atom. The number of oxazole rings is 1. The van der Waals surface area contributed by atoms with E-state index in [1.807, 2.05) is 12.1 Å². The van der Waals surface area contributed by atoms with Crippen LogP contribution in [0.5, 0.6) is 0 Å². The molecule has 6 heteroatoms. The van der Waals surface area contributed by atoms with Crippen LogP contribution in [0.1, 0.15) is 16.2 Å². The number of para-hydroxylation sites is 3. The van der Waals surface area contributed by atoms with Gasteiger partial charge in [-0.2, -0.15) is 0 Å². The lowest BCUT2D eigenvalue weighted by Crippen LogP contribution is -2.02. The van der Waals surface area contributed by atoms with Gasteiger partial charge in [0.25, 0.3) is 0 Å². The Balaban J connectivity index is 1.93. The number of aromatic carboxylic acids is 1. The van der Waals surface area contributed by atoms with Crippen LogP contribution in [-0.2, 0) is 4.79 Å². The Bertz CT molecular complexity index is 879. The van der Waals surface area contributed by atoms with Crippen molar-refractivity contribution in [2.24, 2.45) is 0 Å². The van der Waals surface area contributed by atoms with E-state index in [1.54, 1.807) is 30.3 Å². The lowest BCUT2D eigenvalue weighted by molar-refractivity contribution is -0.103. The van der Waals surface area contributed by atoms with Crippen molar-refractivity contribution in [3.05, 3.63) is 66.2 Å². The summed E-state index contributed by atoms with van der Waals surface area (Å²) >= 11 is 0. The Morgan fingerprint density at radius 2 is 1.87 bits per heavy atom. The molecule has 0 aliphatic carbocycles. The number of aromatic nitrogens is 1. The molecular formula is C17H12N2O4. The molecular weight excluding hydrogens is 296 g/mol. The van der Waals surface area contributed by atoms with Crippen LogP contribution in [-0.4, -0.2) is 22.3 Å². The van der Waals surface area contributed by atoms with Crippen molar-refractivity contribution < 1.29 is 19.1 Å². The normalized spacial score (nSPS) is 11.4. The molecule has 0 amide bonds. The van der Waals surface area contributed by atoms with E-state index in [0.29, 0.717) is 23.1 Å². The van der Waals surface area contributed by atoms with Crippen LogP contribution in [0.15, 0.2) is 59.1 Å². The summed E-state index contributed by atoms with van der Waals surface area (Å²) in [5.41, 5.74) is 1.87. The number of carbonyl (C=O) groups is 2. The van der Waals surface area contributed by atoms with Crippen LogP contribution in [0.3, 0.4) is 0 Å². The maximum atomic E-state index is 11.3. The molecule has 6 nitrogen and oxygen atoms in total. The number of carbonyl (C=O) groups excluding carboxylic acids is 1. The van der Waals surface area contributed by atoms with Gasteiger partial charge in [0.05, 0.1) is 16.8 Å². The zero-order valence-corrected chi connectivity index (χ0v) is 11.9. The molecule has 0 atom stereocenters. The average Bonchev–Trinajstić information content (AvgIpc) is 2.99. The Hall–Kier alpha value is -3.41. The summed E-state index contributed by atoms with van der Waals surface area (Å²) in [7, 11) is 0. The van der Waals surface area contributed by atoms with E-state index in [0.717, 1.165) is 0 Å². The van der Waals surface area contributed by atoms with Crippen LogP contribution in [0, 0.1) is 0 Å². The Kier molecular flexibility index (Phi) is 3.88. The average molecular weight is 308 g/mol. The molecule has 0 aliphatic heterocycles. The Morgan fingerprint density at radius 1 is 1.13 bits per heavy atom. The molecule has 23 heavy (non-hydrogen) atoms. The molecule has 0 fully saturated rings. The zero-order valence-electron chi connectivity index (χ0n) is 11.9. The highest BCUT2D eigenvalue weighted by Crippen LogP contribution is 2.21. The molecule has 2 N–H and O–H groups in total. The first-order valence-electron chi connectivity index (χ1n) is 6.79. The van der Waals surface area contributed by atoms with Crippen LogP contribution < -0.4 is 5.32 Å². The number of benzene rings is 2. The molecule has 0 saturated heterocycles. The molecule has 2 aromatic carbocycles. The van der Waals surface area contributed by atoms with Crippen molar-refractivity contribution in [3.63, 3.8) is 0 Å². The second kappa shape index (κ2) is 6.15. The van der Waals surface area contributed by atoms with Crippen LogP contribution >= 0.6 is 0 Å². The summed E-state index contributed by atoms with van der Waals surface area (Å²) in [6, 6.07) is 13.6. The van der Waals surface area contributed by atoms with E-state index in [4.69, 9.17) is 9.52 Å². The van der Waals surface area contributed by atoms with Gasteiger partial charge in [0, 0.05) is 6.20 Å². The molecule has 3 rings (SSSR count). The van der Waals surface area contributed by atoms with Gasteiger partial charge in [-0.1, -0.05) is 24.3 Å². The van der Waals surface area contributed by atoms with Gasteiger partial charge < -0.3 is 14.8 Å². The van der Waals surface area contributed by atoms with Crippen molar-refractivity contribution in [2.75, 3.05) is 5.32 Å².